The van der Waals surface area contributed by atoms with Gasteiger partial charge < -0.3 is 14.8 Å². The van der Waals surface area contributed by atoms with Crippen LogP contribution in [0.5, 0.6) is 11.5 Å². The Morgan fingerprint density at radius 1 is 1.00 bits per heavy atom. The van der Waals surface area contributed by atoms with Crippen molar-refractivity contribution in [3.05, 3.63) is 23.8 Å². The molecule has 1 N–H and O–H groups in total. The predicted molar refractivity (Wildman–Crippen MR) is 87.3 cm³/mol. The molecule has 0 radical (unpaired) electrons. The van der Waals surface area contributed by atoms with E-state index >= 15 is 0 Å². The molecule has 1 aromatic carbocycles. The van der Waals surface area contributed by atoms with E-state index in [-0.39, 0.29) is 0 Å². The molecule has 4 aliphatic rings. The highest BCUT2D eigenvalue weighted by Crippen LogP contribution is 2.55. The lowest BCUT2D eigenvalue weighted by Gasteiger charge is -2.57. The molecule has 0 atom stereocenters. The van der Waals surface area contributed by atoms with E-state index < -0.39 is 0 Å². The van der Waals surface area contributed by atoms with Crippen molar-refractivity contribution in [2.75, 3.05) is 14.2 Å². The fraction of sp³-hybridized carbons (Fsp3) is 0.684. The number of nitrogens with one attached hydrogen (secondary N) is 1. The van der Waals surface area contributed by atoms with Crippen molar-refractivity contribution in [1.29, 1.82) is 0 Å². The lowest BCUT2D eigenvalue weighted by atomic mass is 9.53. The highest BCUT2D eigenvalue weighted by molar-refractivity contribution is 5.46. The van der Waals surface area contributed by atoms with Gasteiger partial charge in [0, 0.05) is 17.6 Å². The molecule has 0 aromatic heterocycles. The van der Waals surface area contributed by atoms with Gasteiger partial charge in [-0.1, -0.05) is 12.1 Å². The number of hydrogen-bond acceptors (Lipinski definition) is 3. The van der Waals surface area contributed by atoms with Gasteiger partial charge in [0.15, 0.2) is 11.5 Å². The van der Waals surface area contributed by atoms with Gasteiger partial charge in [-0.25, -0.2) is 0 Å². The zero-order valence-corrected chi connectivity index (χ0v) is 13.7. The van der Waals surface area contributed by atoms with Crippen molar-refractivity contribution in [1.82, 2.24) is 5.32 Å². The average Bonchev–Trinajstić information content (AvgIpc) is 2.51. The molecule has 0 saturated heterocycles. The van der Waals surface area contributed by atoms with Crippen LogP contribution in [0.4, 0.5) is 0 Å². The Hall–Kier alpha value is -1.22. The van der Waals surface area contributed by atoms with Crippen LogP contribution in [0, 0.1) is 17.8 Å². The van der Waals surface area contributed by atoms with E-state index in [0.717, 1.165) is 35.8 Å². The summed E-state index contributed by atoms with van der Waals surface area (Å²) < 4.78 is 11.0. The minimum atomic E-state index is 0.392. The van der Waals surface area contributed by atoms with Gasteiger partial charge in [-0.3, -0.25) is 0 Å². The van der Waals surface area contributed by atoms with Crippen LogP contribution in [0.15, 0.2) is 18.2 Å². The SMILES string of the molecule is COc1cccc(CNC23CC4CC(CC(C4)C2)C3)c1OC. The minimum absolute atomic E-state index is 0.392. The summed E-state index contributed by atoms with van der Waals surface area (Å²) in [7, 11) is 3.43. The van der Waals surface area contributed by atoms with Gasteiger partial charge in [-0.15, -0.1) is 0 Å². The Kier molecular flexibility index (Phi) is 3.56. The minimum Gasteiger partial charge on any atom is -0.493 e. The monoisotopic (exact) mass is 301 g/mol. The third-order valence-electron chi connectivity index (χ3n) is 6.18. The summed E-state index contributed by atoms with van der Waals surface area (Å²) in [6.07, 6.45) is 8.61. The van der Waals surface area contributed by atoms with Crippen molar-refractivity contribution >= 4 is 0 Å². The van der Waals surface area contributed by atoms with Crippen molar-refractivity contribution in [3.8, 4) is 11.5 Å². The molecule has 120 valence electrons. The maximum Gasteiger partial charge on any atom is 0.165 e. The topological polar surface area (TPSA) is 30.5 Å². The zero-order valence-electron chi connectivity index (χ0n) is 13.7. The molecule has 4 saturated carbocycles. The second-order valence-corrected chi connectivity index (χ2v) is 7.70. The predicted octanol–water partition coefficient (Wildman–Crippen LogP) is 3.76. The van der Waals surface area contributed by atoms with Gasteiger partial charge in [-0.2, -0.15) is 0 Å². The van der Waals surface area contributed by atoms with E-state index in [4.69, 9.17) is 9.47 Å². The normalized spacial score (nSPS) is 35.6. The molecule has 0 heterocycles. The van der Waals surface area contributed by atoms with Gasteiger partial charge in [0.25, 0.3) is 0 Å². The summed E-state index contributed by atoms with van der Waals surface area (Å²) in [5, 5.41) is 3.93. The Bertz CT molecular complexity index is 519. The molecule has 0 spiro atoms. The summed E-state index contributed by atoms with van der Waals surface area (Å²) in [6.45, 7) is 0.881. The van der Waals surface area contributed by atoms with Crippen LogP contribution in [0.1, 0.15) is 44.1 Å². The number of benzene rings is 1. The largest absolute Gasteiger partial charge is 0.493 e. The summed E-state index contributed by atoms with van der Waals surface area (Å²) in [5.41, 5.74) is 1.60. The van der Waals surface area contributed by atoms with Crippen molar-refractivity contribution in [2.45, 2.75) is 50.6 Å². The van der Waals surface area contributed by atoms with Gasteiger partial charge in [0.1, 0.15) is 0 Å². The third-order valence-corrected chi connectivity index (χ3v) is 6.18. The Morgan fingerprint density at radius 2 is 1.64 bits per heavy atom. The lowest BCUT2D eigenvalue weighted by Crippen LogP contribution is -2.58. The third kappa shape index (κ3) is 2.40. The number of para-hydroxylation sites is 1. The van der Waals surface area contributed by atoms with E-state index in [1.807, 2.05) is 6.07 Å². The second-order valence-electron chi connectivity index (χ2n) is 7.70. The summed E-state index contributed by atoms with van der Waals surface area (Å²) in [4.78, 5) is 0. The van der Waals surface area contributed by atoms with Gasteiger partial charge in [0.2, 0.25) is 0 Å². The second kappa shape index (κ2) is 5.45. The molecule has 4 aliphatic carbocycles. The Labute approximate surface area is 133 Å². The summed E-state index contributed by atoms with van der Waals surface area (Å²) in [6, 6.07) is 6.17. The number of hydrogen-bond donors (Lipinski definition) is 1. The fourth-order valence-electron chi connectivity index (χ4n) is 5.70. The van der Waals surface area contributed by atoms with Crippen molar-refractivity contribution < 1.29 is 9.47 Å². The maximum absolute atomic E-state index is 5.57. The number of ether oxygens (including phenoxy) is 2. The summed E-state index contributed by atoms with van der Waals surface area (Å²) >= 11 is 0. The molecule has 0 amide bonds. The van der Waals surface area contributed by atoms with E-state index in [0.29, 0.717) is 5.54 Å². The number of rotatable bonds is 5. The zero-order chi connectivity index (χ0) is 15.2. The fourth-order valence-corrected chi connectivity index (χ4v) is 5.70. The van der Waals surface area contributed by atoms with Crippen molar-refractivity contribution in [2.24, 2.45) is 17.8 Å². The van der Waals surface area contributed by atoms with Crippen LogP contribution in [-0.4, -0.2) is 19.8 Å². The maximum atomic E-state index is 5.57. The quantitative estimate of drug-likeness (QED) is 0.898. The first kappa shape index (κ1) is 14.4. The first-order valence-electron chi connectivity index (χ1n) is 8.66. The highest BCUT2D eigenvalue weighted by Gasteiger charge is 2.50. The van der Waals surface area contributed by atoms with Crippen LogP contribution in [0.2, 0.25) is 0 Å². The Morgan fingerprint density at radius 3 is 2.18 bits per heavy atom. The molecule has 0 aliphatic heterocycles. The highest BCUT2D eigenvalue weighted by atomic mass is 16.5. The van der Waals surface area contributed by atoms with Crippen LogP contribution in [-0.2, 0) is 6.54 Å². The van der Waals surface area contributed by atoms with E-state index in [2.05, 4.69) is 17.4 Å². The van der Waals surface area contributed by atoms with E-state index in [1.165, 1.54) is 44.1 Å². The molecular weight excluding hydrogens is 274 g/mol. The molecule has 3 nitrogen and oxygen atoms in total. The average molecular weight is 301 g/mol. The number of methoxy groups -OCH3 is 2. The molecule has 4 bridgehead atoms. The van der Waals surface area contributed by atoms with E-state index in [9.17, 15) is 0 Å². The molecule has 5 rings (SSSR count). The summed E-state index contributed by atoms with van der Waals surface area (Å²) in [5.74, 6) is 4.64. The molecule has 3 heteroatoms. The molecular formula is C19H27NO2. The van der Waals surface area contributed by atoms with E-state index in [1.54, 1.807) is 14.2 Å². The smallest absolute Gasteiger partial charge is 0.165 e. The van der Waals surface area contributed by atoms with Crippen molar-refractivity contribution in [3.63, 3.8) is 0 Å². The van der Waals surface area contributed by atoms with Crippen LogP contribution in [0.25, 0.3) is 0 Å². The van der Waals surface area contributed by atoms with Crippen LogP contribution in [0.3, 0.4) is 0 Å². The van der Waals surface area contributed by atoms with Crippen LogP contribution < -0.4 is 14.8 Å². The standard InChI is InChI=1S/C19H27NO2/c1-21-17-5-3-4-16(18(17)22-2)12-20-19-9-13-6-14(10-19)8-15(7-13)11-19/h3-5,13-15,20H,6-12H2,1-2H3. The van der Waals surface area contributed by atoms with Crippen LogP contribution >= 0.6 is 0 Å². The lowest BCUT2D eigenvalue weighted by molar-refractivity contribution is -0.0206. The first-order valence-corrected chi connectivity index (χ1v) is 8.66. The van der Waals surface area contributed by atoms with Gasteiger partial charge in [-0.05, 0) is 62.3 Å². The van der Waals surface area contributed by atoms with Gasteiger partial charge in [0.05, 0.1) is 14.2 Å². The van der Waals surface area contributed by atoms with Gasteiger partial charge >= 0.3 is 0 Å². The Balaban J connectivity index is 1.51. The molecule has 1 aromatic rings. The molecule has 0 unspecified atom stereocenters. The first-order chi connectivity index (χ1) is 10.7. The molecule has 22 heavy (non-hydrogen) atoms. The molecule has 4 fully saturated rings.